The predicted octanol–water partition coefficient (Wildman–Crippen LogP) is -0.147. The van der Waals surface area contributed by atoms with Gasteiger partial charge in [-0.3, -0.25) is 4.90 Å². The molecule has 0 spiro atoms. The van der Waals surface area contributed by atoms with Crippen LogP contribution in [0.25, 0.3) is 0 Å². The number of hydrogen-bond acceptors (Lipinski definition) is 7. The van der Waals surface area contributed by atoms with Crippen molar-refractivity contribution in [3.05, 3.63) is 11.7 Å². The van der Waals surface area contributed by atoms with E-state index >= 15 is 0 Å². The Morgan fingerprint density at radius 3 is 3.05 bits per heavy atom. The summed E-state index contributed by atoms with van der Waals surface area (Å²) in [6.07, 6.45) is 1.16. The highest BCUT2D eigenvalue weighted by Gasteiger charge is 2.26. The fourth-order valence-electron chi connectivity index (χ4n) is 2.26. The highest BCUT2D eigenvalue weighted by atomic mass is 16.5. The van der Waals surface area contributed by atoms with E-state index in [4.69, 9.17) is 15.0 Å². The summed E-state index contributed by atoms with van der Waals surface area (Å²) < 4.78 is 10.5. The van der Waals surface area contributed by atoms with Crippen LogP contribution in [-0.4, -0.2) is 66.8 Å². The second kappa shape index (κ2) is 6.95. The zero-order valence-corrected chi connectivity index (χ0v) is 11.7. The molecule has 1 saturated heterocycles. The summed E-state index contributed by atoms with van der Waals surface area (Å²) in [7, 11) is 4.22. The van der Waals surface area contributed by atoms with Gasteiger partial charge in [-0.15, -0.1) is 0 Å². The highest BCUT2D eigenvalue weighted by Crippen LogP contribution is 2.20. The van der Waals surface area contributed by atoms with Crippen molar-refractivity contribution >= 4 is 0 Å². The van der Waals surface area contributed by atoms with E-state index in [1.807, 2.05) is 0 Å². The van der Waals surface area contributed by atoms with Gasteiger partial charge in [0.1, 0.15) is 6.61 Å². The van der Waals surface area contributed by atoms with E-state index in [2.05, 4.69) is 34.0 Å². The van der Waals surface area contributed by atoms with Gasteiger partial charge >= 0.3 is 0 Å². The van der Waals surface area contributed by atoms with E-state index in [1.165, 1.54) is 0 Å². The lowest BCUT2D eigenvalue weighted by Gasteiger charge is -2.24. The number of ether oxygens (including phenoxy) is 1. The van der Waals surface area contributed by atoms with E-state index in [1.54, 1.807) is 0 Å². The Morgan fingerprint density at radius 2 is 2.26 bits per heavy atom. The minimum absolute atomic E-state index is 0.180. The summed E-state index contributed by atoms with van der Waals surface area (Å²) in [6.45, 7) is 4.39. The number of likely N-dealkylation sites (N-methyl/N-ethyl adjacent to an activating group) is 2. The van der Waals surface area contributed by atoms with E-state index in [0.717, 1.165) is 31.9 Å². The first-order valence-corrected chi connectivity index (χ1v) is 6.69. The van der Waals surface area contributed by atoms with Gasteiger partial charge in [0.2, 0.25) is 0 Å². The molecule has 7 heteroatoms. The molecule has 0 bridgehead atoms. The van der Waals surface area contributed by atoms with Crippen LogP contribution in [0.1, 0.15) is 24.2 Å². The van der Waals surface area contributed by atoms with Crippen LogP contribution >= 0.6 is 0 Å². The molecule has 1 atom stereocenters. The molecular weight excluding hydrogens is 246 g/mol. The molecule has 2 heterocycles. The number of hydrogen-bond donors (Lipinski definition) is 1. The van der Waals surface area contributed by atoms with Crippen LogP contribution in [0.4, 0.5) is 0 Å². The van der Waals surface area contributed by atoms with E-state index in [-0.39, 0.29) is 6.04 Å². The van der Waals surface area contributed by atoms with E-state index < -0.39 is 0 Å². The van der Waals surface area contributed by atoms with Crippen molar-refractivity contribution in [3.63, 3.8) is 0 Å². The van der Waals surface area contributed by atoms with Crippen LogP contribution < -0.4 is 5.73 Å². The molecule has 19 heavy (non-hydrogen) atoms. The molecule has 1 unspecified atom stereocenters. The first-order chi connectivity index (χ1) is 9.20. The average Bonchev–Trinajstić information content (AvgIpc) is 2.78. The highest BCUT2D eigenvalue weighted by molar-refractivity contribution is 4.96. The van der Waals surface area contributed by atoms with Crippen LogP contribution in [0.5, 0.6) is 0 Å². The maximum Gasteiger partial charge on any atom is 0.252 e. The lowest BCUT2D eigenvalue weighted by Crippen LogP contribution is -2.31. The second-order valence-electron chi connectivity index (χ2n) is 5.00. The monoisotopic (exact) mass is 269 g/mol. The zero-order valence-electron chi connectivity index (χ0n) is 11.7. The summed E-state index contributed by atoms with van der Waals surface area (Å²) in [6, 6.07) is 0.180. The molecule has 1 aromatic heterocycles. The zero-order chi connectivity index (χ0) is 13.7. The summed E-state index contributed by atoms with van der Waals surface area (Å²) in [5.41, 5.74) is 5.36. The molecule has 108 valence electrons. The molecule has 0 aliphatic carbocycles. The first kappa shape index (κ1) is 14.4. The second-order valence-corrected chi connectivity index (χ2v) is 5.00. The van der Waals surface area contributed by atoms with Gasteiger partial charge in [0.05, 0.1) is 12.6 Å². The number of rotatable bonds is 5. The van der Waals surface area contributed by atoms with Crippen LogP contribution in [0.15, 0.2) is 4.52 Å². The summed E-state index contributed by atoms with van der Waals surface area (Å²) in [5, 5.41) is 4.08. The molecule has 1 aliphatic heterocycles. The van der Waals surface area contributed by atoms with Gasteiger partial charge in [0, 0.05) is 13.1 Å². The fraction of sp³-hybridized carbons (Fsp3) is 0.833. The smallest absolute Gasteiger partial charge is 0.252 e. The third-order valence-electron chi connectivity index (χ3n) is 3.34. The predicted molar refractivity (Wildman–Crippen MR) is 70.5 cm³/mol. The van der Waals surface area contributed by atoms with Crippen LogP contribution in [-0.2, 0) is 11.3 Å². The van der Waals surface area contributed by atoms with Gasteiger partial charge < -0.3 is 19.9 Å². The van der Waals surface area contributed by atoms with Crippen molar-refractivity contribution in [3.8, 4) is 0 Å². The van der Waals surface area contributed by atoms with Crippen LogP contribution in [0, 0.1) is 0 Å². The van der Waals surface area contributed by atoms with Crippen molar-refractivity contribution in [2.75, 3.05) is 46.9 Å². The SMILES string of the molecule is CN1CCCN(C)C(c2noc(COCCN)n2)C1. The van der Waals surface area contributed by atoms with Crippen molar-refractivity contribution < 1.29 is 9.26 Å². The van der Waals surface area contributed by atoms with Gasteiger partial charge in [0.15, 0.2) is 5.82 Å². The largest absolute Gasteiger partial charge is 0.370 e. The molecule has 1 fully saturated rings. The molecule has 0 amide bonds. The van der Waals surface area contributed by atoms with Crippen molar-refractivity contribution in [2.45, 2.75) is 19.1 Å². The standard InChI is InChI=1S/C12H23N5O2/c1-16-5-3-6-17(2)10(8-16)12-14-11(19-15-12)9-18-7-4-13/h10H,3-9,13H2,1-2H3. The molecule has 0 aromatic carbocycles. The Balaban J connectivity index is 1.99. The Hall–Kier alpha value is -1.02. The molecule has 1 aromatic rings. The Kier molecular flexibility index (Phi) is 5.26. The van der Waals surface area contributed by atoms with Gasteiger partial charge in [0.25, 0.3) is 5.89 Å². The maximum atomic E-state index is 5.36. The van der Waals surface area contributed by atoms with Gasteiger partial charge in [-0.25, -0.2) is 0 Å². The third-order valence-corrected chi connectivity index (χ3v) is 3.34. The normalized spacial score (nSPS) is 22.6. The number of aromatic nitrogens is 2. The Labute approximate surface area is 113 Å². The Morgan fingerprint density at radius 1 is 1.42 bits per heavy atom. The van der Waals surface area contributed by atoms with Crippen LogP contribution in [0.2, 0.25) is 0 Å². The van der Waals surface area contributed by atoms with Crippen LogP contribution in [0.3, 0.4) is 0 Å². The lowest BCUT2D eigenvalue weighted by atomic mass is 10.2. The molecular formula is C12H23N5O2. The molecule has 0 saturated carbocycles. The van der Waals surface area contributed by atoms with Crippen molar-refractivity contribution in [1.82, 2.24) is 19.9 Å². The number of nitrogens with two attached hydrogens (primary N) is 1. The summed E-state index contributed by atoms with van der Waals surface area (Å²) in [4.78, 5) is 9.00. The average molecular weight is 269 g/mol. The topological polar surface area (TPSA) is 80.7 Å². The van der Waals surface area contributed by atoms with E-state index in [0.29, 0.717) is 25.6 Å². The quantitative estimate of drug-likeness (QED) is 0.745. The van der Waals surface area contributed by atoms with Gasteiger partial charge in [-0.1, -0.05) is 5.16 Å². The van der Waals surface area contributed by atoms with Gasteiger partial charge in [-0.05, 0) is 33.6 Å². The molecule has 0 radical (unpaired) electrons. The molecule has 2 rings (SSSR count). The first-order valence-electron chi connectivity index (χ1n) is 6.69. The van der Waals surface area contributed by atoms with Gasteiger partial charge in [-0.2, -0.15) is 4.98 Å². The number of nitrogens with zero attached hydrogens (tertiary/aromatic N) is 4. The Bertz CT molecular complexity index is 384. The minimum Gasteiger partial charge on any atom is -0.370 e. The minimum atomic E-state index is 0.180. The van der Waals surface area contributed by atoms with Crippen molar-refractivity contribution in [2.24, 2.45) is 5.73 Å². The fourth-order valence-corrected chi connectivity index (χ4v) is 2.26. The molecule has 2 N–H and O–H groups in total. The third kappa shape index (κ3) is 3.97. The molecule has 7 nitrogen and oxygen atoms in total. The molecule has 1 aliphatic rings. The lowest BCUT2D eigenvalue weighted by molar-refractivity contribution is 0.104. The summed E-state index contributed by atoms with van der Waals surface area (Å²) in [5.74, 6) is 1.26. The summed E-state index contributed by atoms with van der Waals surface area (Å²) >= 11 is 0. The van der Waals surface area contributed by atoms with E-state index in [9.17, 15) is 0 Å². The maximum absolute atomic E-state index is 5.36. The van der Waals surface area contributed by atoms with Crippen molar-refractivity contribution in [1.29, 1.82) is 0 Å².